The molecule has 1 N–H and O–H groups in total. The van der Waals surface area contributed by atoms with Crippen LogP contribution < -0.4 is 0 Å². The highest BCUT2D eigenvalue weighted by Crippen LogP contribution is 2.06. The molecule has 0 fully saturated rings. The van der Waals surface area contributed by atoms with Crippen LogP contribution in [0.3, 0.4) is 0 Å². The topological polar surface area (TPSA) is 53.7 Å². The normalized spacial score (nSPS) is 13.1. The lowest BCUT2D eigenvalue weighted by Crippen LogP contribution is -2.28. The van der Waals surface area contributed by atoms with Gasteiger partial charge in [0.25, 0.3) is 0 Å². The smallest absolute Gasteiger partial charge is 0.307 e. The van der Waals surface area contributed by atoms with Gasteiger partial charge in [-0.1, -0.05) is 6.92 Å². The van der Waals surface area contributed by atoms with Gasteiger partial charge in [-0.25, -0.2) is 0 Å². The maximum atomic E-state index is 10.6. The van der Waals surface area contributed by atoms with E-state index in [0.717, 1.165) is 5.76 Å². The zero-order valence-corrected chi connectivity index (χ0v) is 8.43. The van der Waals surface area contributed by atoms with Crippen LogP contribution in [-0.4, -0.2) is 29.6 Å². The Morgan fingerprint density at radius 1 is 1.71 bits per heavy atom. The number of furan rings is 1. The molecule has 1 aromatic heterocycles. The first-order valence-corrected chi connectivity index (χ1v) is 4.53. The summed E-state index contributed by atoms with van der Waals surface area (Å²) in [7, 11) is 1.88. The average molecular weight is 197 g/mol. The van der Waals surface area contributed by atoms with Crippen molar-refractivity contribution in [2.45, 2.75) is 13.5 Å². The number of carboxylic acid groups (broad SMARTS) is 1. The third-order valence-electron chi connectivity index (χ3n) is 2.01. The molecule has 0 saturated carbocycles. The summed E-state index contributed by atoms with van der Waals surface area (Å²) in [5, 5.41) is 8.71. The molecule has 1 unspecified atom stereocenters. The number of nitrogens with zero attached hydrogens (tertiary/aromatic N) is 1. The van der Waals surface area contributed by atoms with Gasteiger partial charge in [0.05, 0.1) is 18.7 Å². The summed E-state index contributed by atoms with van der Waals surface area (Å²) in [4.78, 5) is 12.5. The molecule has 1 atom stereocenters. The van der Waals surface area contributed by atoms with Crippen LogP contribution in [0.1, 0.15) is 12.7 Å². The second kappa shape index (κ2) is 4.81. The quantitative estimate of drug-likeness (QED) is 0.775. The molecule has 0 aliphatic rings. The van der Waals surface area contributed by atoms with Crippen LogP contribution >= 0.6 is 0 Å². The van der Waals surface area contributed by atoms with Gasteiger partial charge in [-0.05, 0) is 19.2 Å². The average Bonchev–Trinajstić information content (AvgIpc) is 2.56. The Balaban J connectivity index is 2.36. The fourth-order valence-electron chi connectivity index (χ4n) is 1.28. The van der Waals surface area contributed by atoms with Crippen LogP contribution in [0.15, 0.2) is 22.8 Å². The predicted octanol–water partition coefficient (Wildman–Crippen LogP) is 1.43. The van der Waals surface area contributed by atoms with E-state index in [0.29, 0.717) is 13.1 Å². The molecule has 1 heterocycles. The Labute approximate surface area is 83.1 Å². The zero-order valence-electron chi connectivity index (χ0n) is 8.43. The van der Waals surface area contributed by atoms with E-state index >= 15 is 0 Å². The predicted molar refractivity (Wildman–Crippen MR) is 51.8 cm³/mol. The van der Waals surface area contributed by atoms with E-state index in [-0.39, 0.29) is 5.92 Å². The molecule has 1 aromatic rings. The van der Waals surface area contributed by atoms with Crippen LogP contribution in [0.5, 0.6) is 0 Å². The van der Waals surface area contributed by atoms with Crippen molar-refractivity contribution in [2.75, 3.05) is 13.6 Å². The Bertz CT molecular complexity index is 282. The van der Waals surface area contributed by atoms with Gasteiger partial charge in [-0.2, -0.15) is 0 Å². The molecule has 0 radical (unpaired) electrons. The highest BCUT2D eigenvalue weighted by atomic mass is 16.4. The van der Waals surface area contributed by atoms with Crippen LogP contribution in [0, 0.1) is 5.92 Å². The number of aliphatic carboxylic acids is 1. The Morgan fingerprint density at radius 3 is 2.93 bits per heavy atom. The maximum absolute atomic E-state index is 10.6. The van der Waals surface area contributed by atoms with E-state index in [1.165, 1.54) is 0 Å². The van der Waals surface area contributed by atoms with Gasteiger partial charge in [0.15, 0.2) is 0 Å². The third kappa shape index (κ3) is 3.22. The molecule has 0 aliphatic carbocycles. The molecule has 14 heavy (non-hydrogen) atoms. The van der Waals surface area contributed by atoms with E-state index in [1.54, 1.807) is 13.2 Å². The highest BCUT2D eigenvalue weighted by Gasteiger charge is 2.13. The molecule has 4 nitrogen and oxygen atoms in total. The first kappa shape index (κ1) is 10.8. The largest absolute Gasteiger partial charge is 0.481 e. The molecule has 0 aliphatic heterocycles. The first-order valence-electron chi connectivity index (χ1n) is 4.53. The highest BCUT2D eigenvalue weighted by molar-refractivity contribution is 5.69. The van der Waals surface area contributed by atoms with Crippen molar-refractivity contribution in [3.05, 3.63) is 24.2 Å². The summed E-state index contributed by atoms with van der Waals surface area (Å²) in [6, 6.07) is 3.70. The third-order valence-corrected chi connectivity index (χ3v) is 2.01. The fraction of sp³-hybridized carbons (Fsp3) is 0.500. The fourth-order valence-corrected chi connectivity index (χ4v) is 1.28. The molecule has 0 amide bonds. The van der Waals surface area contributed by atoms with Gasteiger partial charge in [-0.15, -0.1) is 0 Å². The molecular formula is C10H15NO3. The lowest BCUT2D eigenvalue weighted by atomic mass is 10.2. The monoisotopic (exact) mass is 197 g/mol. The van der Waals surface area contributed by atoms with Gasteiger partial charge < -0.3 is 9.52 Å². The minimum absolute atomic E-state index is 0.352. The molecule has 0 aromatic carbocycles. The molecule has 0 spiro atoms. The van der Waals surface area contributed by atoms with Gasteiger partial charge in [0.1, 0.15) is 5.76 Å². The van der Waals surface area contributed by atoms with Crippen molar-refractivity contribution in [1.82, 2.24) is 4.90 Å². The van der Waals surface area contributed by atoms with Crippen LogP contribution in [0.25, 0.3) is 0 Å². The maximum Gasteiger partial charge on any atom is 0.307 e. The number of hydrogen-bond donors (Lipinski definition) is 1. The molecule has 78 valence electrons. The first-order chi connectivity index (χ1) is 6.59. The van der Waals surface area contributed by atoms with Crippen LogP contribution in [0.4, 0.5) is 0 Å². The lowest BCUT2D eigenvalue weighted by Gasteiger charge is -2.17. The molecular weight excluding hydrogens is 182 g/mol. The second-order valence-electron chi connectivity index (χ2n) is 3.52. The summed E-state index contributed by atoms with van der Waals surface area (Å²) in [6.45, 7) is 2.86. The zero-order chi connectivity index (χ0) is 10.6. The Hall–Kier alpha value is -1.29. The van der Waals surface area contributed by atoms with Gasteiger partial charge in [-0.3, -0.25) is 9.69 Å². The van der Waals surface area contributed by atoms with E-state index in [2.05, 4.69) is 0 Å². The minimum atomic E-state index is -0.767. The van der Waals surface area contributed by atoms with E-state index in [1.807, 2.05) is 24.1 Å². The molecule has 0 saturated heterocycles. The summed E-state index contributed by atoms with van der Waals surface area (Å²) < 4.78 is 5.16. The Kier molecular flexibility index (Phi) is 3.71. The van der Waals surface area contributed by atoms with Crippen molar-refractivity contribution in [3.63, 3.8) is 0 Å². The van der Waals surface area contributed by atoms with Crippen molar-refractivity contribution in [3.8, 4) is 0 Å². The molecule has 1 rings (SSSR count). The summed E-state index contributed by atoms with van der Waals surface area (Å²) >= 11 is 0. The van der Waals surface area contributed by atoms with Crippen LogP contribution in [-0.2, 0) is 11.3 Å². The van der Waals surface area contributed by atoms with Crippen molar-refractivity contribution in [1.29, 1.82) is 0 Å². The van der Waals surface area contributed by atoms with Crippen molar-refractivity contribution < 1.29 is 14.3 Å². The van der Waals surface area contributed by atoms with Gasteiger partial charge in [0.2, 0.25) is 0 Å². The summed E-state index contributed by atoms with van der Waals surface area (Å²) in [6.07, 6.45) is 1.61. The number of carbonyl (C=O) groups is 1. The minimum Gasteiger partial charge on any atom is -0.481 e. The van der Waals surface area contributed by atoms with E-state index < -0.39 is 5.97 Å². The van der Waals surface area contributed by atoms with Crippen molar-refractivity contribution >= 4 is 5.97 Å². The van der Waals surface area contributed by atoms with E-state index in [9.17, 15) is 4.79 Å². The standard InChI is InChI=1S/C10H15NO3/c1-8(10(12)13)6-11(2)7-9-4-3-5-14-9/h3-5,8H,6-7H2,1-2H3,(H,12,13). The number of hydrogen-bond acceptors (Lipinski definition) is 3. The van der Waals surface area contributed by atoms with Crippen LogP contribution in [0.2, 0.25) is 0 Å². The van der Waals surface area contributed by atoms with Crippen molar-refractivity contribution in [2.24, 2.45) is 5.92 Å². The SMILES string of the molecule is CC(CN(C)Cc1ccco1)C(=O)O. The Morgan fingerprint density at radius 2 is 2.43 bits per heavy atom. The van der Waals surface area contributed by atoms with Gasteiger partial charge in [0, 0.05) is 6.54 Å². The second-order valence-corrected chi connectivity index (χ2v) is 3.52. The summed E-state index contributed by atoms with van der Waals surface area (Å²) in [5.74, 6) is -0.267. The molecule has 0 bridgehead atoms. The van der Waals surface area contributed by atoms with Gasteiger partial charge >= 0.3 is 5.97 Å². The molecule has 4 heteroatoms. The number of rotatable bonds is 5. The summed E-state index contributed by atoms with van der Waals surface area (Å²) in [5.41, 5.74) is 0. The van der Waals surface area contributed by atoms with E-state index in [4.69, 9.17) is 9.52 Å². The lowest BCUT2D eigenvalue weighted by molar-refractivity contribution is -0.141. The number of carboxylic acids is 1.